The van der Waals surface area contributed by atoms with Crippen LogP contribution in [0.3, 0.4) is 0 Å². The number of anilines is 1. The van der Waals surface area contributed by atoms with Gasteiger partial charge >= 0.3 is 0 Å². The van der Waals surface area contributed by atoms with Gasteiger partial charge in [0, 0.05) is 18.3 Å². The molecule has 0 bridgehead atoms. The molecule has 1 fully saturated rings. The van der Waals surface area contributed by atoms with Gasteiger partial charge in [0.15, 0.2) is 11.5 Å². The second-order valence-electron chi connectivity index (χ2n) is 5.05. The third-order valence-corrected chi connectivity index (χ3v) is 3.66. The van der Waals surface area contributed by atoms with E-state index in [2.05, 4.69) is 10.6 Å². The predicted molar refractivity (Wildman–Crippen MR) is 78.5 cm³/mol. The summed E-state index contributed by atoms with van der Waals surface area (Å²) in [6.45, 7) is 3.69. The Morgan fingerprint density at radius 1 is 1.30 bits per heavy atom. The van der Waals surface area contributed by atoms with Gasteiger partial charge in [0.1, 0.15) is 0 Å². The lowest BCUT2D eigenvalue weighted by molar-refractivity contribution is -0.120. The van der Waals surface area contributed by atoms with Crippen molar-refractivity contribution in [1.82, 2.24) is 5.32 Å². The average molecular weight is 278 g/mol. The summed E-state index contributed by atoms with van der Waals surface area (Å²) in [5.41, 5.74) is 1.73. The molecular weight excluding hydrogens is 256 g/mol. The summed E-state index contributed by atoms with van der Waals surface area (Å²) in [5.74, 6) is 1.39. The Bertz CT molecular complexity index is 482. The minimum Gasteiger partial charge on any atom is -0.493 e. The van der Waals surface area contributed by atoms with Crippen LogP contribution < -0.4 is 20.1 Å². The first-order valence-corrected chi connectivity index (χ1v) is 6.90. The maximum absolute atomic E-state index is 12.3. The molecule has 0 aliphatic carbocycles. The summed E-state index contributed by atoms with van der Waals surface area (Å²) in [6.07, 6.45) is 1.98. The smallest absolute Gasteiger partial charge is 0.228 e. The highest BCUT2D eigenvalue weighted by Crippen LogP contribution is 2.33. The molecule has 1 aliphatic heterocycles. The van der Waals surface area contributed by atoms with Crippen molar-refractivity contribution in [2.75, 3.05) is 32.6 Å². The van der Waals surface area contributed by atoms with E-state index < -0.39 is 0 Å². The van der Waals surface area contributed by atoms with Crippen molar-refractivity contribution in [2.24, 2.45) is 5.92 Å². The molecule has 1 aromatic rings. The largest absolute Gasteiger partial charge is 0.493 e. The van der Waals surface area contributed by atoms with Crippen molar-refractivity contribution in [2.45, 2.75) is 19.8 Å². The van der Waals surface area contributed by atoms with Gasteiger partial charge in [-0.15, -0.1) is 0 Å². The molecule has 1 heterocycles. The van der Waals surface area contributed by atoms with Crippen LogP contribution in [0, 0.1) is 12.8 Å². The number of methoxy groups -OCH3 is 2. The van der Waals surface area contributed by atoms with Gasteiger partial charge in [-0.05, 0) is 37.9 Å². The van der Waals surface area contributed by atoms with E-state index in [4.69, 9.17) is 9.47 Å². The fourth-order valence-electron chi connectivity index (χ4n) is 2.43. The van der Waals surface area contributed by atoms with Crippen molar-refractivity contribution < 1.29 is 14.3 Å². The first kappa shape index (κ1) is 14.7. The molecule has 0 unspecified atom stereocenters. The number of carbonyl (C=O) groups is 1. The van der Waals surface area contributed by atoms with E-state index >= 15 is 0 Å². The lowest BCUT2D eigenvalue weighted by atomic mass is 9.98. The molecule has 1 amide bonds. The van der Waals surface area contributed by atoms with E-state index in [1.165, 1.54) is 0 Å². The van der Waals surface area contributed by atoms with Gasteiger partial charge in [-0.3, -0.25) is 4.79 Å². The zero-order valence-electron chi connectivity index (χ0n) is 12.3. The van der Waals surface area contributed by atoms with E-state index in [0.29, 0.717) is 11.5 Å². The van der Waals surface area contributed by atoms with Gasteiger partial charge in [-0.1, -0.05) is 0 Å². The second kappa shape index (κ2) is 6.61. The van der Waals surface area contributed by atoms with Gasteiger partial charge in [-0.25, -0.2) is 0 Å². The van der Waals surface area contributed by atoms with Crippen LogP contribution in [-0.4, -0.2) is 33.2 Å². The number of amides is 1. The molecule has 1 aromatic carbocycles. The maximum atomic E-state index is 12.3. The van der Waals surface area contributed by atoms with Gasteiger partial charge in [-0.2, -0.15) is 0 Å². The van der Waals surface area contributed by atoms with Crippen LogP contribution in [0.25, 0.3) is 0 Å². The Hall–Kier alpha value is -1.75. The van der Waals surface area contributed by atoms with Crippen LogP contribution in [0.15, 0.2) is 12.1 Å². The molecule has 1 saturated heterocycles. The van der Waals surface area contributed by atoms with Gasteiger partial charge in [0.05, 0.1) is 20.1 Å². The monoisotopic (exact) mass is 278 g/mol. The molecule has 5 nitrogen and oxygen atoms in total. The Kier molecular flexibility index (Phi) is 4.84. The quantitative estimate of drug-likeness (QED) is 0.884. The molecule has 2 rings (SSSR count). The molecule has 0 saturated carbocycles. The average Bonchev–Trinajstić information content (AvgIpc) is 2.49. The minimum atomic E-state index is 0.0382. The molecule has 1 aliphatic rings. The van der Waals surface area contributed by atoms with Crippen LogP contribution in [0.4, 0.5) is 5.69 Å². The summed E-state index contributed by atoms with van der Waals surface area (Å²) >= 11 is 0. The summed E-state index contributed by atoms with van der Waals surface area (Å²) in [4.78, 5) is 12.3. The van der Waals surface area contributed by atoms with Gasteiger partial charge in [0.2, 0.25) is 5.91 Å². The third kappa shape index (κ3) is 3.22. The molecule has 5 heteroatoms. The van der Waals surface area contributed by atoms with Crippen LogP contribution in [0.2, 0.25) is 0 Å². The van der Waals surface area contributed by atoms with E-state index in [9.17, 15) is 4.79 Å². The number of benzene rings is 1. The normalized spacial score (nSPS) is 18.4. The van der Waals surface area contributed by atoms with Crippen LogP contribution >= 0.6 is 0 Å². The zero-order valence-corrected chi connectivity index (χ0v) is 12.3. The molecule has 1 atom stereocenters. The Morgan fingerprint density at radius 3 is 2.60 bits per heavy atom. The topological polar surface area (TPSA) is 59.6 Å². The van der Waals surface area contributed by atoms with Crippen molar-refractivity contribution in [3.8, 4) is 11.5 Å². The van der Waals surface area contributed by atoms with E-state index in [1.807, 2.05) is 19.1 Å². The number of piperidine rings is 1. The highest BCUT2D eigenvalue weighted by molar-refractivity contribution is 5.93. The van der Waals surface area contributed by atoms with Crippen molar-refractivity contribution in [1.29, 1.82) is 0 Å². The SMILES string of the molecule is COc1cc(C)c(NC(=O)[C@@H]2CCCNC2)cc1OC. The summed E-state index contributed by atoms with van der Waals surface area (Å²) in [6, 6.07) is 3.68. The maximum Gasteiger partial charge on any atom is 0.228 e. The summed E-state index contributed by atoms with van der Waals surface area (Å²) in [5, 5.41) is 6.24. The number of hydrogen-bond acceptors (Lipinski definition) is 4. The highest BCUT2D eigenvalue weighted by Gasteiger charge is 2.21. The summed E-state index contributed by atoms with van der Waals surface area (Å²) in [7, 11) is 3.19. The van der Waals surface area contributed by atoms with Crippen LogP contribution in [0.1, 0.15) is 18.4 Å². The first-order chi connectivity index (χ1) is 9.65. The van der Waals surface area contributed by atoms with Crippen molar-refractivity contribution >= 4 is 11.6 Å². The van der Waals surface area contributed by atoms with Crippen molar-refractivity contribution in [3.63, 3.8) is 0 Å². The molecule has 0 aromatic heterocycles. The van der Waals surface area contributed by atoms with Crippen LogP contribution in [-0.2, 0) is 4.79 Å². The highest BCUT2D eigenvalue weighted by atomic mass is 16.5. The Balaban J connectivity index is 2.13. The van der Waals surface area contributed by atoms with Crippen molar-refractivity contribution in [3.05, 3.63) is 17.7 Å². The fourth-order valence-corrected chi connectivity index (χ4v) is 2.43. The van der Waals surface area contributed by atoms with Crippen LogP contribution in [0.5, 0.6) is 11.5 Å². The zero-order chi connectivity index (χ0) is 14.5. The standard InChI is InChI=1S/C15H22N2O3/c1-10-7-13(19-2)14(20-3)8-12(10)17-15(18)11-5-4-6-16-9-11/h7-8,11,16H,4-6,9H2,1-3H3,(H,17,18)/t11-/m1/s1. The molecular formula is C15H22N2O3. The first-order valence-electron chi connectivity index (χ1n) is 6.90. The molecule has 0 spiro atoms. The van der Waals surface area contributed by atoms with Gasteiger partial charge in [0.25, 0.3) is 0 Å². The molecule has 0 radical (unpaired) electrons. The lowest BCUT2D eigenvalue weighted by Gasteiger charge is -2.22. The number of hydrogen-bond donors (Lipinski definition) is 2. The van der Waals surface area contributed by atoms with Gasteiger partial charge < -0.3 is 20.1 Å². The number of rotatable bonds is 4. The molecule has 2 N–H and O–H groups in total. The number of ether oxygens (including phenoxy) is 2. The lowest BCUT2D eigenvalue weighted by Crippen LogP contribution is -2.37. The van der Waals surface area contributed by atoms with E-state index in [1.54, 1.807) is 14.2 Å². The van der Waals surface area contributed by atoms with E-state index in [-0.39, 0.29) is 11.8 Å². The number of aryl methyl sites for hydroxylation is 1. The second-order valence-corrected chi connectivity index (χ2v) is 5.05. The minimum absolute atomic E-state index is 0.0382. The number of carbonyl (C=O) groups excluding carboxylic acids is 1. The molecule has 110 valence electrons. The predicted octanol–water partition coefficient (Wildman–Crippen LogP) is 1.95. The Morgan fingerprint density at radius 2 is 2.00 bits per heavy atom. The summed E-state index contributed by atoms with van der Waals surface area (Å²) < 4.78 is 10.5. The molecule has 20 heavy (non-hydrogen) atoms. The third-order valence-electron chi connectivity index (χ3n) is 3.66. The fraction of sp³-hybridized carbons (Fsp3) is 0.533. The number of nitrogens with one attached hydrogen (secondary N) is 2. The Labute approximate surface area is 119 Å². The van der Waals surface area contributed by atoms with E-state index in [0.717, 1.165) is 37.2 Å².